The maximum absolute atomic E-state index is 9.27. The van der Waals surface area contributed by atoms with Crippen molar-refractivity contribution in [3.63, 3.8) is 0 Å². The molecule has 0 saturated carbocycles. The van der Waals surface area contributed by atoms with Crippen molar-refractivity contribution in [1.29, 1.82) is 0 Å². The van der Waals surface area contributed by atoms with Gasteiger partial charge in [-0.25, -0.2) is 4.79 Å². The van der Waals surface area contributed by atoms with Gasteiger partial charge in [-0.2, -0.15) is 0 Å². The van der Waals surface area contributed by atoms with E-state index in [1.165, 1.54) is 5.94 Å². The molecule has 34 valence electrons. The molecule has 0 rings (SSSR count). The Morgan fingerprint density at radius 1 is 1.67 bits per heavy atom. The molecule has 3 heteroatoms. The molecule has 0 aliphatic heterocycles. The van der Waals surface area contributed by atoms with Gasteiger partial charge < -0.3 is 0 Å². The van der Waals surface area contributed by atoms with Crippen molar-refractivity contribution in [3.8, 4) is 0 Å². The van der Waals surface area contributed by atoms with Crippen LogP contribution in [-0.4, -0.2) is 10.8 Å². The molecule has 0 aliphatic rings. The van der Waals surface area contributed by atoms with Gasteiger partial charge in [0.2, 0.25) is 0 Å². The van der Waals surface area contributed by atoms with Crippen LogP contribution in [0.15, 0.2) is 6.08 Å². The van der Waals surface area contributed by atoms with Crippen molar-refractivity contribution in [2.24, 2.45) is 0 Å². The molecule has 1 nitrogen and oxygen atoms in total. The third kappa shape index (κ3) is 4.03. The van der Waals surface area contributed by atoms with Crippen LogP contribution in [0.2, 0.25) is 0 Å². The monoisotopic (exact) mass is 124 g/mol. The minimum atomic E-state index is -0.706. The van der Waals surface area contributed by atoms with E-state index in [4.69, 9.17) is 23.2 Å². The highest BCUT2D eigenvalue weighted by atomic mass is 35.5. The number of hydrogen-bond acceptors (Lipinski definition) is 1. The SMILES string of the molecule is O=C=CC(Cl)Cl. The number of rotatable bonds is 1. The van der Waals surface area contributed by atoms with E-state index in [2.05, 4.69) is 0 Å². The summed E-state index contributed by atoms with van der Waals surface area (Å²) in [6.07, 6.45) is 1.02. The summed E-state index contributed by atoms with van der Waals surface area (Å²) in [4.78, 5) is 8.56. The molecule has 0 aliphatic carbocycles. The van der Waals surface area contributed by atoms with E-state index in [0.29, 0.717) is 0 Å². The molecule has 0 radical (unpaired) electrons. The molecular weight excluding hydrogens is 123 g/mol. The van der Waals surface area contributed by atoms with Crippen LogP contribution in [-0.2, 0) is 4.79 Å². The highest BCUT2D eigenvalue weighted by molar-refractivity contribution is 6.45. The van der Waals surface area contributed by atoms with Crippen molar-refractivity contribution in [2.75, 3.05) is 0 Å². The Morgan fingerprint density at radius 2 is 2.17 bits per heavy atom. The van der Waals surface area contributed by atoms with Gasteiger partial charge in [-0.05, 0) is 0 Å². The second-order valence-electron chi connectivity index (χ2n) is 0.619. The molecule has 0 aromatic rings. The first-order valence-electron chi connectivity index (χ1n) is 1.26. The summed E-state index contributed by atoms with van der Waals surface area (Å²) in [7, 11) is 0. The number of carbonyl (C=O) groups excluding carboxylic acids is 1. The lowest BCUT2D eigenvalue weighted by Crippen LogP contribution is -1.73. The van der Waals surface area contributed by atoms with E-state index in [-0.39, 0.29) is 0 Å². The highest BCUT2D eigenvalue weighted by Crippen LogP contribution is 1.98. The van der Waals surface area contributed by atoms with Crippen LogP contribution in [0.3, 0.4) is 0 Å². The van der Waals surface area contributed by atoms with Gasteiger partial charge in [0.05, 0.1) is 0 Å². The highest BCUT2D eigenvalue weighted by Gasteiger charge is 1.85. The van der Waals surface area contributed by atoms with Gasteiger partial charge in [-0.3, -0.25) is 0 Å². The summed E-state index contributed by atoms with van der Waals surface area (Å²) in [6.45, 7) is 0. The summed E-state index contributed by atoms with van der Waals surface area (Å²) in [6, 6.07) is 0. The van der Waals surface area contributed by atoms with Crippen LogP contribution < -0.4 is 0 Å². The summed E-state index contributed by atoms with van der Waals surface area (Å²) >= 11 is 10.1. The fourth-order valence-electron chi connectivity index (χ4n) is 0.0514. The smallest absolute Gasteiger partial charge is 0.136 e. The Balaban J connectivity index is 3.29. The first-order chi connectivity index (χ1) is 2.77. The van der Waals surface area contributed by atoms with E-state index in [1.54, 1.807) is 0 Å². The number of halogens is 2. The van der Waals surface area contributed by atoms with Gasteiger partial charge in [0.25, 0.3) is 0 Å². The summed E-state index contributed by atoms with van der Waals surface area (Å²) < 4.78 is 0. The summed E-state index contributed by atoms with van der Waals surface area (Å²) in [5.74, 6) is 1.43. The second kappa shape index (κ2) is 3.23. The van der Waals surface area contributed by atoms with Gasteiger partial charge in [0.15, 0.2) is 0 Å². The molecule has 0 saturated heterocycles. The molecule has 0 N–H and O–H groups in total. The lowest BCUT2D eigenvalue weighted by atomic mass is 10.7. The zero-order valence-corrected chi connectivity index (χ0v) is 4.33. The van der Waals surface area contributed by atoms with Crippen molar-refractivity contribution < 1.29 is 4.79 Å². The van der Waals surface area contributed by atoms with Crippen LogP contribution >= 0.6 is 23.2 Å². The van der Waals surface area contributed by atoms with E-state index >= 15 is 0 Å². The topological polar surface area (TPSA) is 17.1 Å². The van der Waals surface area contributed by atoms with Crippen molar-refractivity contribution in [2.45, 2.75) is 4.84 Å². The molecule has 0 bridgehead atoms. The largest absolute Gasteiger partial charge is 0.234 e. The Kier molecular flexibility index (Phi) is 3.24. The Morgan fingerprint density at radius 3 is 2.17 bits per heavy atom. The molecule has 0 heterocycles. The van der Waals surface area contributed by atoms with Crippen LogP contribution in [0.1, 0.15) is 0 Å². The molecule has 0 aromatic carbocycles. The first-order valence-corrected chi connectivity index (χ1v) is 2.14. The zero-order valence-electron chi connectivity index (χ0n) is 2.82. The van der Waals surface area contributed by atoms with Gasteiger partial charge in [0.1, 0.15) is 10.8 Å². The molecule has 0 atom stereocenters. The third-order valence-corrected chi connectivity index (χ3v) is 0.446. The van der Waals surface area contributed by atoms with Crippen LogP contribution in [0.4, 0.5) is 0 Å². The number of hydrogen-bond donors (Lipinski definition) is 0. The van der Waals surface area contributed by atoms with Crippen LogP contribution in [0, 0.1) is 0 Å². The van der Waals surface area contributed by atoms with Crippen LogP contribution in [0.25, 0.3) is 0 Å². The van der Waals surface area contributed by atoms with Crippen LogP contribution in [0.5, 0.6) is 0 Å². The molecule has 0 spiro atoms. The van der Waals surface area contributed by atoms with E-state index in [9.17, 15) is 4.79 Å². The fourth-order valence-corrected chi connectivity index (χ4v) is 0.154. The molecule has 0 fully saturated rings. The second-order valence-corrected chi connectivity index (χ2v) is 1.78. The Labute approximate surface area is 45.5 Å². The summed E-state index contributed by atoms with van der Waals surface area (Å²) in [5, 5.41) is 0. The predicted molar refractivity (Wildman–Crippen MR) is 25.8 cm³/mol. The Hall–Kier alpha value is 0.0300. The minimum absolute atomic E-state index is 0.706. The lowest BCUT2D eigenvalue weighted by molar-refractivity contribution is 0.568. The molecule has 0 aromatic heterocycles. The lowest BCUT2D eigenvalue weighted by Gasteiger charge is -1.75. The quantitative estimate of drug-likeness (QED) is 0.379. The summed E-state index contributed by atoms with van der Waals surface area (Å²) in [5.41, 5.74) is 0. The average molecular weight is 125 g/mol. The Bertz CT molecular complexity index is 72.9. The van der Waals surface area contributed by atoms with Crippen molar-refractivity contribution in [1.82, 2.24) is 0 Å². The molecule has 0 amide bonds. The maximum Gasteiger partial charge on any atom is 0.136 e. The molecular formula is C3H2Cl2O. The third-order valence-electron chi connectivity index (χ3n) is 0.194. The van der Waals surface area contributed by atoms with E-state index in [0.717, 1.165) is 6.08 Å². The normalized spacial score (nSPS) is 7.83. The van der Waals surface area contributed by atoms with Crippen molar-refractivity contribution in [3.05, 3.63) is 6.08 Å². The van der Waals surface area contributed by atoms with Gasteiger partial charge in [-0.15, -0.1) is 0 Å². The molecule has 0 unspecified atom stereocenters. The van der Waals surface area contributed by atoms with Gasteiger partial charge in [-0.1, -0.05) is 23.2 Å². The number of allylic oxidation sites excluding steroid dienone is 1. The number of alkyl halides is 2. The average Bonchev–Trinajstić information content (AvgIpc) is 1.35. The minimum Gasteiger partial charge on any atom is -0.234 e. The van der Waals surface area contributed by atoms with Crippen molar-refractivity contribution >= 4 is 29.1 Å². The standard InChI is InChI=1S/C3H2Cl2O/c4-3(5)1-2-6/h1,3H. The zero-order chi connectivity index (χ0) is 4.99. The molecule has 6 heavy (non-hydrogen) atoms. The van der Waals surface area contributed by atoms with Gasteiger partial charge in [0, 0.05) is 6.08 Å². The first kappa shape index (κ1) is 6.03. The van der Waals surface area contributed by atoms with E-state index < -0.39 is 4.84 Å². The predicted octanol–water partition coefficient (Wildman–Crippen LogP) is 1.18. The fraction of sp³-hybridized carbons (Fsp3) is 0.333. The maximum atomic E-state index is 9.27. The van der Waals surface area contributed by atoms with Gasteiger partial charge >= 0.3 is 0 Å². The van der Waals surface area contributed by atoms with E-state index in [1.807, 2.05) is 0 Å².